The molecule has 3 heterocycles. The average molecular weight is 582 g/mol. The molecular formula is C35H43N5O3. The van der Waals surface area contributed by atoms with Gasteiger partial charge >= 0.3 is 5.97 Å². The van der Waals surface area contributed by atoms with Crippen molar-refractivity contribution in [2.45, 2.75) is 64.6 Å². The Bertz CT molecular complexity index is 1390. The lowest BCUT2D eigenvalue weighted by atomic mass is 9.85. The van der Waals surface area contributed by atoms with E-state index in [0.29, 0.717) is 17.2 Å². The lowest BCUT2D eigenvalue weighted by molar-refractivity contribution is 0.0170. The third-order valence-corrected chi connectivity index (χ3v) is 9.20. The van der Waals surface area contributed by atoms with Crippen molar-refractivity contribution in [2.24, 2.45) is 0 Å². The highest BCUT2D eigenvalue weighted by molar-refractivity contribution is 5.96. The molecule has 1 aromatic heterocycles. The third-order valence-electron chi connectivity index (χ3n) is 9.20. The molecule has 0 radical (unpaired) electrons. The van der Waals surface area contributed by atoms with Gasteiger partial charge in [0.1, 0.15) is 12.9 Å². The van der Waals surface area contributed by atoms with Gasteiger partial charge in [0.15, 0.2) is 0 Å². The van der Waals surface area contributed by atoms with Crippen molar-refractivity contribution >= 4 is 17.6 Å². The Hall–Kier alpha value is -4.04. The van der Waals surface area contributed by atoms with E-state index >= 15 is 0 Å². The number of nitrogens with zero attached hydrogens (tertiary/aromatic N) is 5. The topological polar surface area (TPSA) is 78.9 Å². The summed E-state index contributed by atoms with van der Waals surface area (Å²) in [4.78, 5) is 41.3. The Labute approximate surface area is 255 Å². The monoisotopic (exact) mass is 581 g/mol. The second kappa shape index (κ2) is 13.5. The van der Waals surface area contributed by atoms with Crippen LogP contribution in [-0.2, 0) is 11.3 Å². The summed E-state index contributed by atoms with van der Waals surface area (Å²) >= 11 is 0. The Morgan fingerprint density at radius 1 is 0.977 bits per heavy atom. The van der Waals surface area contributed by atoms with Crippen molar-refractivity contribution in [1.82, 2.24) is 19.8 Å². The number of carbonyl (C=O) groups is 2. The predicted molar refractivity (Wildman–Crippen MR) is 169 cm³/mol. The lowest BCUT2D eigenvalue weighted by Crippen LogP contribution is -2.58. The molecule has 0 saturated carbocycles. The molecule has 0 aliphatic carbocycles. The van der Waals surface area contributed by atoms with Gasteiger partial charge < -0.3 is 14.5 Å². The number of rotatable bonds is 9. The van der Waals surface area contributed by atoms with E-state index in [9.17, 15) is 9.59 Å². The first-order chi connectivity index (χ1) is 20.8. The van der Waals surface area contributed by atoms with Crippen molar-refractivity contribution in [2.75, 3.05) is 37.7 Å². The van der Waals surface area contributed by atoms with Crippen LogP contribution in [0, 0.1) is 13.8 Å². The number of esters is 1. The van der Waals surface area contributed by atoms with Crippen LogP contribution in [0.25, 0.3) is 0 Å². The molecule has 2 aliphatic heterocycles. The molecule has 2 aliphatic rings. The summed E-state index contributed by atoms with van der Waals surface area (Å²) in [5, 5.41) is 0. The van der Waals surface area contributed by atoms with E-state index in [1.54, 1.807) is 6.08 Å². The molecule has 0 bridgehead atoms. The zero-order valence-electron chi connectivity index (χ0n) is 25.7. The fourth-order valence-electron chi connectivity index (χ4n) is 6.50. The van der Waals surface area contributed by atoms with Crippen LogP contribution < -0.4 is 4.90 Å². The zero-order chi connectivity index (χ0) is 30.4. The largest absolute Gasteiger partial charge is 0.458 e. The molecule has 1 amide bonds. The molecule has 0 atom stereocenters. The van der Waals surface area contributed by atoms with Crippen molar-refractivity contribution < 1.29 is 14.3 Å². The number of aryl methyl sites for hydroxylation is 2. The third kappa shape index (κ3) is 6.96. The minimum atomic E-state index is -0.335. The molecule has 0 N–H and O–H groups in total. The molecule has 0 spiro atoms. The molecule has 8 heteroatoms. The Kier molecular flexibility index (Phi) is 9.56. The first-order valence-electron chi connectivity index (χ1n) is 15.3. The van der Waals surface area contributed by atoms with E-state index in [1.807, 2.05) is 49.1 Å². The summed E-state index contributed by atoms with van der Waals surface area (Å²) in [6.45, 7) is 14.3. The lowest BCUT2D eigenvalue weighted by Gasteiger charge is -2.50. The van der Waals surface area contributed by atoms with Gasteiger partial charge in [0.25, 0.3) is 5.91 Å². The molecule has 2 saturated heterocycles. The van der Waals surface area contributed by atoms with Crippen molar-refractivity contribution in [3.8, 4) is 0 Å². The van der Waals surface area contributed by atoms with Crippen LogP contribution in [0.1, 0.15) is 70.3 Å². The van der Waals surface area contributed by atoms with Crippen molar-refractivity contribution in [3.05, 3.63) is 102 Å². The SMILES string of the molecule is C=CCOC(=O)c1ccc(N(Cc2ccccc2)C2CCN(C3(C)CCN(C(=O)c4c(C)ncnc4C)CC3)CC2)cc1. The van der Waals surface area contributed by atoms with E-state index in [1.165, 1.54) is 11.9 Å². The summed E-state index contributed by atoms with van der Waals surface area (Å²) in [6, 6.07) is 18.7. The van der Waals surface area contributed by atoms with Gasteiger partial charge in [0.05, 0.1) is 22.5 Å². The number of hydrogen-bond donors (Lipinski definition) is 0. The maximum atomic E-state index is 13.3. The summed E-state index contributed by atoms with van der Waals surface area (Å²) < 4.78 is 5.22. The van der Waals surface area contributed by atoms with Crippen LogP contribution in [0.3, 0.4) is 0 Å². The van der Waals surface area contributed by atoms with Crippen molar-refractivity contribution in [3.63, 3.8) is 0 Å². The van der Waals surface area contributed by atoms with E-state index in [-0.39, 0.29) is 24.0 Å². The Balaban J connectivity index is 1.23. The van der Waals surface area contributed by atoms with E-state index in [2.05, 4.69) is 57.5 Å². The number of piperidine rings is 2. The number of benzene rings is 2. The number of ether oxygens (including phenoxy) is 1. The molecular weight excluding hydrogens is 538 g/mol. The highest BCUT2D eigenvalue weighted by Crippen LogP contribution is 2.34. The van der Waals surface area contributed by atoms with Gasteiger partial charge in [0, 0.05) is 50.0 Å². The van der Waals surface area contributed by atoms with Gasteiger partial charge in [-0.1, -0.05) is 43.0 Å². The first-order valence-corrected chi connectivity index (χ1v) is 15.3. The number of likely N-dealkylation sites (tertiary alicyclic amines) is 2. The highest BCUT2D eigenvalue weighted by atomic mass is 16.5. The van der Waals surface area contributed by atoms with Gasteiger partial charge in [-0.25, -0.2) is 14.8 Å². The van der Waals surface area contributed by atoms with Crippen LogP contribution in [0.15, 0.2) is 73.6 Å². The quantitative estimate of drug-likeness (QED) is 0.240. The zero-order valence-corrected chi connectivity index (χ0v) is 25.7. The second-order valence-electron chi connectivity index (χ2n) is 12.0. The maximum Gasteiger partial charge on any atom is 0.338 e. The smallest absolute Gasteiger partial charge is 0.338 e. The van der Waals surface area contributed by atoms with Crippen LogP contribution in [0.4, 0.5) is 5.69 Å². The molecule has 2 aromatic carbocycles. The highest BCUT2D eigenvalue weighted by Gasteiger charge is 2.39. The van der Waals surface area contributed by atoms with Crippen LogP contribution >= 0.6 is 0 Å². The second-order valence-corrected chi connectivity index (χ2v) is 12.0. The molecule has 0 unspecified atom stereocenters. The van der Waals surface area contributed by atoms with Gasteiger partial charge in [-0.15, -0.1) is 0 Å². The van der Waals surface area contributed by atoms with Gasteiger partial charge in [-0.3, -0.25) is 9.69 Å². The molecule has 226 valence electrons. The number of aromatic nitrogens is 2. The summed E-state index contributed by atoms with van der Waals surface area (Å²) in [5.41, 5.74) is 5.12. The Morgan fingerprint density at radius 2 is 1.60 bits per heavy atom. The van der Waals surface area contributed by atoms with Gasteiger partial charge in [-0.2, -0.15) is 0 Å². The summed E-state index contributed by atoms with van der Waals surface area (Å²) in [6.07, 6.45) is 7.10. The van der Waals surface area contributed by atoms with Crippen molar-refractivity contribution in [1.29, 1.82) is 0 Å². The molecule has 3 aromatic rings. The minimum absolute atomic E-state index is 0.0490. The summed E-state index contributed by atoms with van der Waals surface area (Å²) in [7, 11) is 0. The molecule has 43 heavy (non-hydrogen) atoms. The van der Waals surface area contributed by atoms with Gasteiger partial charge in [-0.05, 0) is 76.3 Å². The van der Waals surface area contributed by atoms with E-state index in [4.69, 9.17) is 4.74 Å². The van der Waals surface area contributed by atoms with E-state index in [0.717, 1.165) is 75.5 Å². The first kappa shape index (κ1) is 30.4. The summed E-state index contributed by atoms with van der Waals surface area (Å²) in [5.74, 6) is -0.286. The maximum absolute atomic E-state index is 13.3. The number of carbonyl (C=O) groups excluding carboxylic acids is 2. The normalized spacial score (nSPS) is 17.3. The Morgan fingerprint density at radius 3 is 2.21 bits per heavy atom. The molecule has 2 fully saturated rings. The fourth-order valence-corrected chi connectivity index (χ4v) is 6.50. The van der Waals surface area contributed by atoms with E-state index < -0.39 is 0 Å². The standard InChI is InChI=1S/C35H43N5O3/c1-5-23-43-34(42)29-11-13-30(14-12-29)40(24-28-9-7-6-8-10-28)31-15-19-39(20-16-31)35(4)17-21-38(22-18-35)33(41)32-26(2)36-25-37-27(32)3/h5-14,25,31H,1,15-24H2,2-4H3. The van der Waals surface area contributed by atoms with Crippen LogP contribution in [-0.4, -0.2) is 76.0 Å². The minimum Gasteiger partial charge on any atom is -0.458 e. The molecule has 5 rings (SSSR count). The predicted octanol–water partition coefficient (Wildman–Crippen LogP) is 5.60. The van der Waals surface area contributed by atoms with Crippen LogP contribution in [0.2, 0.25) is 0 Å². The average Bonchev–Trinajstić information content (AvgIpc) is 3.03. The van der Waals surface area contributed by atoms with Crippen LogP contribution in [0.5, 0.6) is 0 Å². The fraction of sp³-hybridized carbons (Fsp3) is 0.429. The number of hydrogen-bond acceptors (Lipinski definition) is 7. The molecule has 8 nitrogen and oxygen atoms in total. The number of amides is 1. The number of anilines is 1. The van der Waals surface area contributed by atoms with Gasteiger partial charge in [0.2, 0.25) is 0 Å².